The van der Waals surface area contributed by atoms with Crippen molar-refractivity contribution in [1.29, 1.82) is 0 Å². The number of rotatable bonds is 4. The molecule has 0 aliphatic heterocycles. The summed E-state index contributed by atoms with van der Waals surface area (Å²) in [4.78, 5) is 6.00. The number of phenols is 1. The van der Waals surface area contributed by atoms with Crippen molar-refractivity contribution in [2.45, 2.75) is 38.6 Å². The molecule has 1 atom stereocenters. The second-order valence-electron chi connectivity index (χ2n) is 5.42. The molecular weight excluding hydrogens is 287 g/mol. The summed E-state index contributed by atoms with van der Waals surface area (Å²) in [7, 11) is 0. The molecular formula is C16H19FN2OS. The fraction of sp³-hybridized carbons (Fsp3) is 0.438. The molecule has 1 aliphatic rings. The van der Waals surface area contributed by atoms with Crippen LogP contribution in [0.1, 0.15) is 42.8 Å². The van der Waals surface area contributed by atoms with Gasteiger partial charge in [0, 0.05) is 16.5 Å². The van der Waals surface area contributed by atoms with Gasteiger partial charge in [0.05, 0.1) is 11.7 Å². The van der Waals surface area contributed by atoms with Gasteiger partial charge >= 0.3 is 0 Å². The molecule has 21 heavy (non-hydrogen) atoms. The maximum atomic E-state index is 13.4. The van der Waals surface area contributed by atoms with Gasteiger partial charge in [0.2, 0.25) is 0 Å². The summed E-state index contributed by atoms with van der Waals surface area (Å²) in [5.74, 6) is -0.488. The number of aromatic nitrogens is 1. The van der Waals surface area contributed by atoms with Crippen molar-refractivity contribution in [3.05, 3.63) is 34.6 Å². The van der Waals surface area contributed by atoms with E-state index in [1.807, 2.05) is 0 Å². The Hall–Kier alpha value is -1.46. The molecule has 0 fully saturated rings. The second-order valence-corrected chi connectivity index (χ2v) is 6.51. The zero-order chi connectivity index (χ0) is 14.8. The maximum Gasteiger partial charge on any atom is 0.127 e. The van der Waals surface area contributed by atoms with Gasteiger partial charge in [-0.3, -0.25) is 0 Å². The normalized spacial score (nSPS) is 17.7. The number of benzene rings is 1. The van der Waals surface area contributed by atoms with Crippen LogP contribution in [0.15, 0.2) is 18.2 Å². The molecule has 0 saturated heterocycles. The first kappa shape index (κ1) is 14.5. The Kier molecular flexibility index (Phi) is 4.22. The van der Waals surface area contributed by atoms with Crippen LogP contribution in [0, 0.1) is 5.82 Å². The van der Waals surface area contributed by atoms with Crippen molar-refractivity contribution in [2.24, 2.45) is 0 Å². The maximum absolute atomic E-state index is 13.4. The lowest BCUT2D eigenvalue weighted by atomic mass is 9.97. The lowest BCUT2D eigenvalue weighted by Gasteiger charge is -2.22. The highest BCUT2D eigenvalue weighted by atomic mass is 32.1. The Morgan fingerprint density at radius 3 is 3.05 bits per heavy atom. The molecule has 2 N–H and O–H groups in total. The Morgan fingerprint density at radius 2 is 2.29 bits per heavy atom. The van der Waals surface area contributed by atoms with E-state index in [0.717, 1.165) is 49.0 Å². The monoisotopic (exact) mass is 306 g/mol. The molecule has 1 unspecified atom stereocenters. The van der Waals surface area contributed by atoms with Crippen molar-refractivity contribution in [1.82, 2.24) is 10.3 Å². The predicted octanol–water partition coefficient (Wildman–Crippen LogP) is 4.03. The lowest BCUT2D eigenvalue weighted by Crippen LogP contribution is -2.25. The fourth-order valence-electron chi connectivity index (χ4n) is 2.76. The minimum Gasteiger partial charge on any atom is -0.508 e. The molecule has 0 radical (unpaired) electrons. The van der Waals surface area contributed by atoms with Crippen LogP contribution in [0.3, 0.4) is 0 Å². The van der Waals surface area contributed by atoms with Crippen LogP contribution in [-0.4, -0.2) is 16.6 Å². The standard InChI is InChI=1S/C16H19FN2OS/c1-2-6-18-13-4-3-5-14-15(13)19-16(21-14)10-7-11(17)9-12(20)8-10/h7-9,13,18,20H,2-6H2,1H3. The highest BCUT2D eigenvalue weighted by Crippen LogP contribution is 2.38. The van der Waals surface area contributed by atoms with E-state index in [9.17, 15) is 9.50 Å². The number of halogens is 1. The Morgan fingerprint density at radius 1 is 1.43 bits per heavy atom. The van der Waals surface area contributed by atoms with Crippen LogP contribution in [0.4, 0.5) is 4.39 Å². The van der Waals surface area contributed by atoms with Crippen LogP contribution in [0.2, 0.25) is 0 Å². The van der Waals surface area contributed by atoms with Crippen LogP contribution in [0.25, 0.3) is 10.6 Å². The molecule has 3 nitrogen and oxygen atoms in total. The molecule has 0 bridgehead atoms. The van der Waals surface area contributed by atoms with Gasteiger partial charge in [0.15, 0.2) is 0 Å². The highest BCUT2D eigenvalue weighted by Gasteiger charge is 2.24. The smallest absolute Gasteiger partial charge is 0.127 e. The topological polar surface area (TPSA) is 45.1 Å². The first-order chi connectivity index (χ1) is 10.2. The van der Waals surface area contributed by atoms with Crippen LogP contribution in [0.5, 0.6) is 5.75 Å². The van der Waals surface area contributed by atoms with Gasteiger partial charge in [-0.05, 0) is 44.4 Å². The minimum absolute atomic E-state index is 0.0566. The summed E-state index contributed by atoms with van der Waals surface area (Å²) in [6, 6.07) is 4.42. The predicted molar refractivity (Wildman–Crippen MR) is 83.1 cm³/mol. The van der Waals surface area contributed by atoms with Gasteiger partial charge < -0.3 is 10.4 Å². The van der Waals surface area contributed by atoms with Crippen LogP contribution in [-0.2, 0) is 6.42 Å². The van der Waals surface area contributed by atoms with E-state index < -0.39 is 5.82 Å². The van der Waals surface area contributed by atoms with Gasteiger partial charge in [-0.1, -0.05) is 6.92 Å². The van der Waals surface area contributed by atoms with E-state index in [0.29, 0.717) is 11.6 Å². The first-order valence-electron chi connectivity index (χ1n) is 7.40. The molecule has 1 aliphatic carbocycles. The van der Waals surface area contributed by atoms with Crippen molar-refractivity contribution in [3.63, 3.8) is 0 Å². The van der Waals surface area contributed by atoms with Crippen molar-refractivity contribution in [2.75, 3.05) is 6.54 Å². The third kappa shape index (κ3) is 3.09. The highest BCUT2D eigenvalue weighted by molar-refractivity contribution is 7.15. The van der Waals surface area contributed by atoms with Gasteiger partial charge in [-0.25, -0.2) is 9.37 Å². The SMILES string of the molecule is CCCNC1CCCc2sc(-c3cc(O)cc(F)c3)nc21. The van der Waals surface area contributed by atoms with E-state index in [-0.39, 0.29) is 5.75 Å². The molecule has 3 rings (SSSR count). The summed E-state index contributed by atoms with van der Waals surface area (Å²) in [6.45, 7) is 3.14. The van der Waals surface area contributed by atoms with E-state index >= 15 is 0 Å². The van der Waals surface area contributed by atoms with Crippen LogP contribution >= 0.6 is 11.3 Å². The Labute approximate surface area is 127 Å². The summed E-state index contributed by atoms with van der Waals surface area (Å²) >= 11 is 1.61. The molecule has 112 valence electrons. The number of fused-ring (bicyclic) bond motifs is 1. The third-order valence-electron chi connectivity index (χ3n) is 3.72. The van der Waals surface area contributed by atoms with Gasteiger partial charge in [-0.15, -0.1) is 11.3 Å². The number of thiazole rings is 1. The van der Waals surface area contributed by atoms with Crippen LogP contribution < -0.4 is 5.32 Å². The van der Waals surface area contributed by atoms with E-state index in [4.69, 9.17) is 4.98 Å². The molecule has 1 heterocycles. The quantitative estimate of drug-likeness (QED) is 0.896. The van der Waals surface area contributed by atoms with Gasteiger partial charge in [0.25, 0.3) is 0 Å². The van der Waals surface area contributed by atoms with E-state index in [1.54, 1.807) is 17.4 Å². The lowest BCUT2D eigenvalue weighted by molar-refractivity contribution is 0.454. The Bertz CT molecular complexity index is 621. The molecule has 0 amide bonds. The number of aryl methyl sites for hydroxylation is 1. The zero-order valence-electron chi connectivity index (χ0n) is 12.0. The summed E-state index contributed by atoms with van der Waals surface area (Å²) in [5, 5.41) is 13.9. The molecule has 0 saturated carbocycles. The van der Waals surface area contributed by atoms with E-state index in [2.05, 4.69) is 12.2 Å². The zero-order valence-corrected chi connectivity index (χ0v) is 12.8. The molecule has 2 aromatic rings. The Balaban J connectivity index is 1.93. The summed E-state index contributed by atoms with van der Waals surface area (Å²) in [6.07, 6.45) is 4.40. The number of aromatic hydroxyl groups is 1. The second kappa shape index (κ2) is 6.12. The molecule has 1 aromatic heterocycles. The summed E-state index contributed by atoms with van der Waals surface area (Å²) < 4.78 is 13.4. The molecule has 0 spiro atoms. The van der Waals surface area contributed by atoms with E-state index in [1.165, 1.54) is 10.9 Å². The first-order valence-corrected chi connectivity index (χ1v) is 8.22. The number of hydrogen-bond donors (Lipinski definition) is 2. The number of nitrogens with zero attached hydrogens (tertiary/aromatic N) is 1. The average molecular weight is 306 g/mol. The summed E-state index contributed by atoms with van der Waals surface area (Å²) in [5.41, 5.74) is 1.76. The largest absolute Gasteiger partial charge is 0.508 e. The van der Waals surface area contributed by atoms with Gasteiger partial charge in [0.1, 0.15) is 16.6 Å². The molecule has 5 heteroatoms. The van der Waals surface area contributed by atoms with Crippen molar-refractivity contribution in [3.8, 4) is 16.3 Å². The molecule has 1 aromatic carbocycles. The third-order valence-corrected chi connectivity index (χ3v) is 4.90. The number of phenolic OH excluding ortho intramolecular Hbond substituents is 1. The van der Waals surface area contributed by atoms with Gasteiger partial charge in [-0.2, -0.15) is 0 Å². The number of hydrogen-bond acceptors (Lipinski definition) is 4. The van der Waals surface area contributed by atoms with Crippen molar-refractivity contribution >= 4 is 11.3 Å². The minimum atomic E-state index is -0.432. The number of nitrogens with one attached hydrogen (secondary N) is 1. The average Bonchev–Trinajstić information content (AvgIpc) is 2.88. The van der Waals surface area contributed by atoms with Crippen molar-refractivity contribution < 1.29 is 9.50 Å². The fourth-order valence-corrected chi connectivity index (χ4v) is 3.91.